The fourth-order valence-corrected chi connectivity index (χ4v) is 3.29. The van der Waals surface area contributed by atoms with E-state index in [0.29, 0.717) is 36.4 Å². The van der Waals surface area contributed by atoms with Gasteiger partial charge in [0.25, 0.3) is 5.88 Å². The van der Waals surface area contributed by atoms with Crippen molar-refractivity contribution in [2.24, 2.45) is 7.05 Å². The summed E-state index contributed by atoms with van der Waals surface area (Å²) < 4.78 is 14.9. The minimum Gasteiger partial charge on any atom is -0.467 e. The number of anilines is 1. The summed E-state index contributed by atoms with van der Waals surface area (Å²) in [5, 5.41) is 17.7. The van der Waals surface area contributed by atoms with E-state index < -0.39 is 0 Å². The Labute approximate surface area is 166 Å². The summed E-state index contributed by atoms with van der Waals surface area (Å²) in [7, 11) is 1.82. The van der Waals surface area contributed by atoms with E-state index in [-0.39, 0.29) is 6.61 Å². The largest absolute Gasteiger partial charge is 0.467 e. The molecule has 0 unspecified atom stereocenters. The zero-order chi connectivity index (χ0) is 19.6. The van der Waals surface area contributed by atoms with Gasteiger partial charge in [-0.05, 0) is 0 Å². The summed E-state index contributed by atoms with van der Waals surface area (Å²) >= 11 is 0. The van der Waals surface area contributed by atoms with Crippen LogP contribution in [0.5, 0.6) is 5.88 Å². The molecule has 4 heterocycles. The molecule has 0 atom stereocenters. The van der Waals surface area contributed by atoms with Gasteiger partial charge in [0.2, 0.25) is 0 Å². The topological polar surface area (TPSA) is 95.5 Å². The lowest BCUT2D eigenvalue weighted by atomic mass is 10.2. The maximum atomic E-state index is 6.05. The molecule has 1 aromatic carbocycles. The third-order valence-corrected chi connectivity index (χ3v) is 4.71. The number of hydrogen-bond acceptors (Lipinski definition) is 8. The lowest BCUT2D eigenvalue weighted by Gasteiger charge is -2.29. The van der Waals surface area contributed by atoms with Gasteiger partial charge in [-0.3, -0.25) is 4.68 Å². The number of morpholine rings is 1. The van der Waals surface area contributed by atoms with Gasteiger partial charge in [0.05, 0.1) is 13.2 Å². The average Bonchev–Trinajstić information content (AvgIpc) is 3.38. The zero-order valence-electron chi connectivity index (χ0n) is 16.0. The maximum Gasteiger partial charge on any atom is 0.256 e. The molecule has 10 nitrogen and oxygen atoms in total. The smallest absolute Gasteiger partial charge is 0.256 e. The highest BCUT2D eigenvalue weighted by atomic mass is 16.5. The number of fused-ring (bicyclic) bond motifs is 1. The average molecular weight is 392 g/mol. The molecular formula is C19H20N8O2. The van der Waals surface area contributed by atoms with Crippen LogP contribution in [-0.2, 0) is 18.4 Å². The Morgan fingerprint density at radius 1 is 1.07 bits per heavy atom. The molecule has 0 amide bonds. The quantitative estimate of drug-likeness (QED) is 0.502. The van der Waals surface area contributed by atoms with Gasteiger partial charge in [-0.2, -0.15) is 9.61 Å². The number of benzene rings is 1. The molecule has 0 N–H and O–H groups in total. The number of ether oxygens (including phenoxy) is 2. The maximum absolute atomic E-state index is 6.05. The molecule has 29 heavy (non-hydrogen) atoms. The highest BCUT2D eigenvalue weighted by Gasteiger charge is 2.21. The predicted molar refractivity (Wildman–Crippen MR) is 105 cm³/mol. The van der Waals surface area contributed by atoms with Crippen LogP contribution in [0.4, 0.5) is 5.69 Å². The Bertz CT molecular complexity index is 1120. The molecule has 0 aliphatic carbocycles. The molecule has 10 heteroatoms. The van der Waals surface area contributed by atoms with Crippen LogP contribution in [0.1, 0.15) is 5.82 Å². The minimum absolute atomic E-state index is 0.222. The van der Waals surface area contributed by atoms with Gasteiger partial charge in [-0.1, -0.05) is 30.3 Å². The molecule has 1 aliphatic rings. The van der Waals surface area contributed by atoms with Gasteiger partial charge < -0.3 is 14.4 Å². The fourth-order valence-electron chi connectivity index (χ4n) is 3.29. The van der Waals surface area contributed by atoms with Crippen molar-refractivity contribution in [1.82, 2.24) is 34.6 Å². The fraction of sp³-hybridized carbons (Fsp3) is 0.316. The summed E-state index contributed by atoms with van der Waals surface area (Å²) in [4.78, 5) is 6.41. The van der Waals surface area contributed by atoms with Crippen LogP contribution in [-0.4, -0.2) is 60.9 Å². The Morgan fingerprint density at radius 2 is 1.90 bits per heavy atom. The van der Waals surface area contributed by atoms with Crippen LogP contribution in [0.25, 0.3) is 17.0 Å². The van der Waals surface area contributed by atoms with Gasteiger partial charge in [0, 0.05) is 31.8 Å². The second-order valence-electron chi connectivity index (χ2n) is 6.72. The van der Waals surface area contributed by atoms with Gasteiger partial charge >= 0.3 is 0 Å². The van der Waals surface area contributed by atoms with Crippen LogP contribution >= 0.6 is 0 Å². The van der Waals surface area contributed by atoms with Gasteiger partial charge in [0.15, 0.2) is 23.9 Å². The van der Waals surface area contributed by atoms with E-state index in [1.165, 1.54) is 0 Å². The van der Waals surface area contributed by atoms with Crippen LogP contribution in [0, 0.1) is 0 Å². The van der Waals surface area contributed by atoms with E-state index in [1.54, 1.807) is 15.5 Å². The van der Waals surface area contributed by atoms with Crippen LogP contribution < -0.4 is 9.64 Å². The standard InChI is InChI=1S/C19H20N8O2/c1-25-13-20-16(23-25)12-29-19-15(26-7-9-28-10-8-26)11-17-21-22-18(27(17)24-19)14-5-3-2-4-6-14/h2-6,11,13H,7-10,12H2,1H3. The monoisotopic (exact) mass is 392 g/mol. The molecule has 1 aliphatic heterocycles. The lowest BCUT2D eigenvalue weighted by Crippen LogP contribution is -2.36. The second-order valence-corrected chi connectivity index (χ2v) is 6.72. The third kappa shape index (κ3) is 3.49. The molecule has 148 valence electrons. The van der Waals surface area contributed by atoms with Crippen molar-refractivity contribution in [3.8, 4) is 17.3 Å². The Hall–Kier alpha value is -3.53. The number of aromatic nitrogens is 7. The summed E-state index contributed by atoms with van der Waals surface area (Å²) in [6.45, 7) is 3.06. The normalized spacial score (nSPS) is 14.4. The Morgan fingerprint density at radius 3 is 2.66 bits per heavy atom. The van der Waals surface area contributed by atoms with Crippen LogP contribution in [0.3, 0.4) is 0 Å². The lowest BCUT2D eigenvalue weighted by molar-refractivity contribution is 0.122. The summed E-state index contributed by atoms with van der Waals surface area (Å²) in [5.41, 5.74) is 2.46. The molecule has 0 spiro atoms. The van der Waals surface area contributed by atoms with Crippen molar-refractivity contribution in [2.75, 3.05) is 31.2 Å². The van der Waals surface area contributed by atoms with Crippen molar-refractivity contribution in [3.05, 3.63) is 48.5 Å². The summed E-state index contributed by atoms with van der Waals surface area (Å²) in [6.07, 6.45) is 1.64. The number of hydrogen-bond donors (Lipinski definition) is 0. The predicted octanol–water partition coefficient (Wildman–Crippen LogP) is 1.34. The highest BCUT2D eigenvalue weighted by molar-refractivity contribution is 5.65. The molecule has 1 saturated heterocycles. The van der Waals surface area contributed by atoms with E-state index in [4.69, 9.17) is 14.6 Å². The van der Waals surface area contributed by atoms with Crippen LogP contribution in [0.2, 0.25) is 0 Å². The number of rotatable bonds is 5. The van der Waals surface area contributed by atoms with Crippen LogP contribution in [0.15, 0.2) is 42.7 Å². The molecule has 0 saturated carbocycles. The van der Waals surface area contributed by atoms with Crippen molar-refractivity contribution >= 4 is 11.3 Å². The molecule has 0 bridgehead atoms. The first kappa shape index (κ1) is 17.6. The molecule has 0 radical (unpaired) electrons. The minimum atomic E-state index is 0.222. The first-order valence-electron chi connectivity index (χ1n) is 9.40. The first-order valence-corrected chi connectivity index (χ1v) is 9.40. The van der Waals surface area contributed by atoms with E-state index in [1.807, 2.05) is 43.4 Å². The van der Waals surface area contributed by atoms with Crippen molar-refractivity contribution in [3.63, 3.8) is 0 Å². The van der Waals surface area contributed by atoms with E-state index in [2.05, 4.69) is 25.2 Å². The Balaban J connectivity index is 1.56. The SMILES string of the molecule is Cn1cnc(COc2nn3c(-c4ccccc4)nnc3cc2N2CCOCC2)n1. The van der Waals surface area contributed by atoms with E-state index >= 15 is 0 Å². The Kier molecular flexibility index (Phi) is 4.53. The number of aryl methyl sites for hydroxylation is 1. The van der Waals surface area contributed by atoms with Gasteiger partial charge in [0.1, 0.15) is 12.0 Å². The van der Waals surface area contributed by atoms with Gasteiger partial charge in [-0.15, -0.1) is 15.3 Å². The molecule has 5 rings (SSSR count). The van der Waals surface area contributed by atoms with Crippen molar-refractivity contribution in [2.45, 2.75) is 6.61 Å². The molecule has 3 aromatic heterocycles. The van der Waals surface area contributed by atoms with E-state index in [9.17, 15) is 0 Å². The second kappa shape index (κ2) is 7.47. The van der Waals surface area contributed by atoms with E-state index in [0.717, 1.165) is 24.3 Å². The third-order valence-electron chi connectivity index (χ3n) is 4.71. The first-order chi connectivity index (χ1) is 14.3. The summed E-state index contributed by atoms with van der Waals surface area (Å²) in [6, 6.07) is 11.8. The van der Waals surface area contributed by atoms with Crippen molar-refractivity contribution in [1.29, 1.82) is 0 Å². The molecule has 4 aromatic rings. The van der Waals surface area contributed by atoms with Crippen molar-refractivity contribution < 1.29 is 9.47 Å². The highest BCUT2D eigenvalue weighted by Crippen LogP contribution is 2.30. The molecular weight excluding hydrogens is 372 g/mol. The van der Waals surface area contributed by atoms with Gasteiger partial charge in [-0.25, -0.2) is 4.98 Å². The zero-order valence-corrected chi connectivity index (χ0v) is 16.0. The summed E-state index contributed by atoms with van der Waals surface area (Å²) in [5.74, 6) is 1.74. The molecule has 1 fully saturated rings. The number of nitrogens with zero attached hydrogens (tertiary/aromatic N) is 8.